The third-order valence-corrected chi connectivity index (χ3v) is 8.06. The maximum atomic E-state index is 5.55. The second-order valence-electron chi connectivity index (χ2n) is 7.56. The van der Waals surface area contributed by atoms with Crippen molar-refractivity contribution in [3.63, 3.8) is 0 Å². The Morgan fingerprint density at radius 1 is 0.720 bits per heavy atom. The molecule has 152 valence electrons. The quantitative estimate of drug-likeness (QED) is 0.238. The van der Waals surface area contributed by atoms with E-state index < -0.39 is 8.80 Å². The van der Waals surface area contributed by atoms with E-state index in [9.17, 15) is 0 Å². The van der Waals surface area contributed by atoms with Crippen LogP contribution in [0.4, 0.5) is 0 Å². The number of hydrogen-bond donors (Lipinski definition) is 0. The summed E-state index contributed by atoms with van der Waals surface area (Å²) in [6.45, 7) is 3.46. The molecule has 0 fully saturated rings. The largest absolute Gasteiger partial charge is 0.500 e. The van der Waals surface area contributed by atoms with Crippen LogP contribution in [0.15, 0.2) is 0 Å². The van der Waals surface area contributed by atoms with E-state index in [2.05, 4.69) is 25.9 Å². The predicted octanol–water partition coefficient (Wildman–Crippen LogP) is 5.35. The molecule has 5 heteroatoms. The van der Waals surface area contributed by atoms with Gasteiger partial charge < -0.3 is 18.2 Å². The average Bonchev–Trinajstić information content (AvgIpc) is 2.62. The van der Waals surface area contributed by atoms with E-state index >= 15 is 0 Å². The van der Waals surface area contributed by atoms with Crippen LogP contribution < -0.4 is 0 Å². The Kier molecular flexibility index (Phi) is 16.3. The zero-order valence-electron chi connectivity index (χ0n) is 17.9. The second-order valence-corrected chi connectivity index (χ2v) is 10.6. The maximum absolute atomic E-state index is 5.55. The summed E-state index contributed by atoms with van der Waals surface area (Å²) in [5.74, 6) is 0.815. The molecule has 0 aromatic carbocycles. The van der Waals surface area contributed by atoms with Crippen molar-refractivity contribution in [1.29, 1.82) is 0 Å². The van der Waals surface area contributed by atoms with Gasteiger partial charge in [0.2, 0.25) is 0 Å². The smallest absolute Gasteiger partial charge is 0.377 e. The van der Waals surface area contributed by atoms with Crippen molar-refractivity contribution in [2.75, 3.05) is 42.0 Å². The Bertz CT molecular complexity index is 278. The molecular weight excluding hydrogens is 330 g/mol. The van der Waals surface area contributed by atoms with Crippen molar-refractivity contribution < 1.29 is 13.3 Å². The highest BCUT2D eigenvalue weighted by Gasteiger charge is 2.37. The summed E-state index contributed by atoms with van der Waals surface area (Å²) in [6, 6.07) is 0.923. The molecule has 0 spiro atoms. The average molecular weight is 376 g/mol. The van der Waals surface area contributed by atoms with Crippen molar-refractivity contribution in [1.82, 2.24) is 4.90 Å². The molecule has 0 bridgehead atoms. The molecular formula is C20H45NO3Si. The molecule has 25 heavy (non-hydrogen) atoms. The molecule has 0 aromatic heterocycles. The zero-order valence-corrected chi connectivity index (χ0v) is 18.9. The van der Waals surface area contributed by atoms with Gasteiger partial charge in [0.15, 0.2) is 0 Å². The SMILES string of the molecule is CCCCCCCCCC(CCC[Si](OC)(OC)OC)CCN(C)C. The van der Waals surface area contributed by atoms with E-state index in [1.165, 1.54) is 70.8 Å². The predicted molar refractivity (Wildman–Crippen MR) is 110 cm³/mol. The van der Waals surface area contributed by atoms with Gasteiger partial charge in [-0.3, -0.25) is 0 Å². The van der Waals surface area contributed by atoms with Crippen LogP contribution in [0.3, 0.4) is 0 Å². The van der Waals surface area contributed by atoms with Gasteiger partial charge in [0.1, 0.15) is 0 Å². The number of rotatable bonds is 18. The van der Waals surface area contributed by atoms with Crippen LogP contribution in [0.2, 0.25) is 6.04 Å². The highest BCUT2D eigenvalue weighted by atomic mass is 28.4. The fraction of sp³-hybridized carbons (Fsp3) is 1.00. The fourth-order valence-electron chi connectivity index (χ4n) is 3.43. The standard InChI is InChI=1S/C20H45NO3Si/c1-7-8-9-10-11-12-13-15-20(17-18-21(2)3)16-14-19-25(22-4,23-5)24-6/h20H,7-19H2,1-6H3. The molecule has 0 saturated carbocycles. The first kappa shape index (κ1) is 25.1. The number of unbranched alkanes of at least 4 members (excludes halogenated alkanes) is 6. The van der Waals surface area contributed by atoms with Crippen LogP contribution in [0, 0.1) is 5.92 Å². The molecule has 0 rings (SSSR count). The van der Waals surface area contributed by atoms with Gasteiger partial charge in [0, 0.05) is 27.4 Å². The van der Waals surface area contributed by atoms with Gasteiger partial charge in [0.25, 0.3) is 0 Å². The summed E-state index contributed by atoms with van der Waals surface area (Å²) in [7, 11) is 7.07. The summed E-state index contributed by atoms with van der Waals surface area (Å²) < 4.78 is 16.6. The van der Waals surface area contributed by atoms with Crippen molar-refractivity contribution in [3.05, 3.63) is 0 Å². The molecule has 0 aliphatic heterocycles. The van der Waals surface area contributed by atoms with E-state index in [-0.39, 0.29) is 0 Å². The molecule has 0 radical (unpaired) electrons. The Morgan fingerprint density at radius 2 is 1.24 bits per heavy atom. The molecule has 0 aromatic rings. The topological polar surface area (TPSA) is 30.9 Å². The summed E-state index contributed by atoms with van der Waals surface area (Å²) in [5.41, 5.74) is 0. The highest BCUT2D eigenvalue weighted by molar-refractivity contribution is 6.60. The molecule has 0 amide bonds. The van der Waals surface area contributed by atoms with Crippen LogP contribution >= 0.6 is 0 Å². The minimum absolute atomic E-state index is 0.815. The fourth-order valence-corrected chi connectivity index (χ4v) is 5.18. The van der Waals surface area contributed by atoms with Gasteiger partial charge in [-0.25, -0.2) is 0 Å². The summed E-state index contributed by atoms with van der Waals surface area (Å²) in [4.78, 5) is 2.30. The van der Waals surface area contributed by atoms with Crippen LogP contribution in [-0.2, 0) is 13.3 Å². The molecule has 0 saturated heterocycles. The van der Waals surface area contributed by atoms with Gasteiger partial charge >= 0.3 is 8.80 Å². The van der Waals surface area contributed by atoms with Gasteiger partial charge in [-0.2, -0.15) is 0 Å². The van der Waals surface area contributed by atoms with Crippen LogP contribution in [0.25, 0.3) is 0 Å². The number of hydrogen-bond acceptors (Lipinski definition) is 4. The van der Waals surface area contributed by atoms with Crippen molar-refractivity contribution in [2.45, 2.75) is 83.6 Å². The molecule has 1 unspecified atom stereocenters. The third-order valence-electron chi connectivity index (χ3n) is 5.23. The minimum Gasteiger partial charge on any atom is -0.377 e. The van der Waals surface area contributed by atoms with E-state index in [1.54, 1.807) is 21.3 Å². The van der Waals surface area contributed by atoms with E-state index in [1.807, 2.05) is 0 Å². The van der Waals surface area contributed by atoms with E-state index in [0.29, 0.717) is 0 Å². The Labute approximate surface area is 159 Å². The Hall–Kier alpha value is 0.0569. The van der Waals surface area contributed by atoms with E-state index in [0.717, 1.165) is 18.4 Å². The molecule has 0 N–H and O–H groups in total. The summed E-state index contributed by atoms with van der Waals surface area (Å²) in [6.07, 6.45) is 14.8. The Morgan fingerprint density at radius 3 is 1.76 bits per heavy atom. The summed E-state index contributed by atoms with van der Waals surface area (Å²) in [5, 5.41) is 0. The first-order valence-electron chi connectivity index (χ1n) is 10.3. The lowest BCUT2D eigenvalue weighted by Crippen LogP contribution is -2.42. The number of nitrogens with zero attached hydrogens (tertiary/aromatic N) is 1. The van der Waals surface area contributed by atoms with Crippen molar-refractivity contribution in [2.24, 2.45) is 5.92 Å². The molecule has 0 aliphatic rings. The van der Waals surface area contributed by atoms with Gasteiger partial charge in [-0.15, -0.1) is 0 Å². The van der Waals surface area contributed by atoms with Gasteiger partial charge in [-0.1, -0.05) is 64.7 Å². The highest BCUT2D eigenvalue weighted by Crippen LogP contribution is 2.24. The van der Waals surface area contributed by atoms with Crippen LogP contribution in [-0.4, -0.2) is 55.7 Å². The molecule has 0 aliphatic carbocycles. The zero-order chi connectivity index (χ0) is 19.0. The minimum atomic E-state index is -2.40. The lowest BCUT2D eigenvalue weighted by atomic mass is 9.93. The Balaban J connectivity index is 4.11. The normalized spacial score (nSPS) is 13.6. The van der Waals surface area contributed by atoms with Crippen molar-refractivity contribution in [3.8, 4) is 0 Å². The van der Waals surface area contributed by atoms with Crippen molar-refractivity contribution >= 4 is 8.80 Å². The molecule has 4 nitrogen and oxygen atoms in total. The van der Waals surface area contributed by atoms with Gasteiger partial charge in [-0.05, 0) is 39.4 Å². The lowest BCUT2D eigenvalue weighted by Gasteiger charge is -2.25. The first-order chi connectivity index (χ1) is 12.0. The lowest BCUT2D eigenvalue weighted by molar-refractivity contribution is 0.122. The third kappa shape index (κ3) is 13.0. The first-order valence-corrected chi connectivity index (χ1v) is 12.3. The molecule has 1 atom stereocenters. The van der Waals surface area contributed by atoms with Crippen LogP contribution in [0.5, 0.6) is 0 Å². The monoisotopic (exact) mass is 375 g/mol. The van der Waals surface area contributed by atoms with E-state index in [4.69, 9.17) is 13.3 Å². The summed E-state index contributed by atoms with van der Waals surface area (Å²) >= 11 is 0. The second kappa shape index (κ2) is 16.2. The molecule has 0 heterocycles. The van der Waals surface area contributed by atoms with Crippen LogP contribution in [0.1, 0.15) is 77.6 Å². The maximum Gasteiger partial charge on any atom is 0.500 e. The van der Waals surface area contributed by atoms with Gasteiger partial charge in [0.05, 0.1) is 0 Å².